The highest BCUT2D eigenvalue weighted by Gasteiger charge is 2.28. The van der Waals surface area contributed by atoms with E-state index in [-0.39, 0.29) is 29.4 Å². The zero-order chi connectivity index (χ0) is 23.9. The van der Waals surface area contributed by atoms with Crippen molar-refractivity contribution in [3.63, 3.8) is 0 Å². The summed E-state index contributed by atoms with van der Waals surface area (Å²) in [7, 11) is 1.82. The molecule has 1 aromatic heterocycles. The van der Waals surface area contributed by atoms with Crippen molar-refractivity contribution < 1.29 is 14.4 Å². The number of anilines is 2. The van der Waals surface area contributed by atoms with E-state index in [4.69, 9.17) is 0 Å². The Kier molecular flexibility index (Phi) is 7.58. The van der Waals surface area contributed by atoms with Crippen LogP contribution in [0.2, 0.25) is 0 Å². The molecule has 1 aliphatic heterocycles. The van der Waals surface area contributed by atoms with Crippen molar-refractivity contribution in [2.75, 3.05) is 29.5 Å². The average Bonchev–Trinajstić information content (AvgIpc) is 3.28. The summed E-state index contributed by atoms with van der Waals surface area (Å²) in [5.74, 6) is -0.141. The summed E-state index contributed by atoms with van der Waals surface area (Å²) >= 11 is 1.30. The molecule has 9 nitrogen and oxygen atoms in total. The van der Waals surface area contributed by atoms with E-state index < -0.39 is 0 Å². The zero-order valence-corrected chi connectivity index (χ0v) is 19.6. The SMILES string of the molecule is Cn1cnnc1SCC(=O)Nc1ccc(C(=O)N2CCC(C(=O)Nc3ccccc3)CC2)cc1. The first-order valence-corrected chi connectivity index (χ1v) is 12.0. The van der Waals surface area contributed by atoms with Gasteiger partial charge in [0, 0.05) is 43.0 Å². The molecule has 1 fully saturated rings. The largest absolute Gasteiger partial charge is 0.339 e. The molecule has 3 aromatic rings. The number of aromatic nitrogens is 3. The van der Waals surface area contributed by atoms with E-state index in [1.807, 2.05) is 37.4 Å². The predicted octanol–water partition coefficient (Wildman–Crippen LogP) is 3.04. The zero-order valence-electron chi connectivity index (χ0n) is 18.8. The van der Waals surface area contributed by atoms with Crippen LogP contribution in [0.4, 0.5) is 11.4 Å². The minimum absolute atomic E-state index is 0.00395. The molecule has 0 atom stereocenters. The Morgan fingerprint density at radius 3 is 2.29 bits per heavy atom. The molecule has 1 saturated heterocycles. The van der Waals surface area contributed by atoms with Crippen molar-refractivity contribution in [2.24, 2.45) is 13.0 Å². The molecular formula is C24H26N6O3S. The Balaban J connectivity index is 1.24. The minimum atomic E-state index is -0.164. The van der Waals surface area contributed by atoms with Gasteiger partial charge in [-0.1, -0.05) is 30.0 Å². The van der Waals surface area contributed by atoms with Crippen molar-refractivity contribution in [3.8, 4) is 0 Å². The number of likely N-dealkylation sites (tertiary alicyclic amines) is 1. The van der Waals surface area contributed by atoms with Crippen molar-refractivity contribution >= 4 is 40.9 Å². The van der Waals surface area contributed by atoms with E-state index in [9.17, 15) is 14.4 Å². The third kappa shape index (κ3) is 6.02. The Morgan fingerprint density at radius 1 is 0.971 bits per heavy atom. The number of hydrogen-bond donors (Lipinski definition) is 2. The summed E-state index contributed by atoms with van der Waals surface area (Å²) < 4.78 is 1.75. The number of hydrogen-bond acceptors (Lipinski definition) is 6. The Morgan fingerprint density at radius 2 is 1.65 bits per heavy atom. The van der Waals surface area contributed by atoms with Gasteiger partial charge in [0.15, 0.2) is 5.16 Å². The molecule has 176 valence electrons. The molecular weight excluding hydrogens is 452 g/mol. The minimum Gasteiger partial charge on any atom is -0.339 e. The normalized spacial score (nSPS) is 14.0. The number of thioether (sulfide) groups is 1. The van der Waals surface area contributed by atoms with Crippen LogP contribution >= 0.6 is 11.8 Å². The first-order chi connectivity index (χ1) is 16.5. The van der Waals surface area contributed by atoms with Crippen LogP contribution in [0.15, 0.2) is 66.1 Å². The predicted molar refractivity (Wildman–Crippen MR) is 130 cm³/mol. The van der Waals surface area contributed by atoms with Gasteiger partial charge in [-0.2, -0.15) is 0 Å². The fourth-order valence-electron chi connectivity index (χ4n) is 3.72. The van der Waals surface area contributed by atoms with Gasteiger partial charge in [-0.15, -0.1) is 10.2 Å². The maximum absolute atomic E-state index is 12.9. The number of amides is 3. The third-order valence-corrected chi connectivity index (χ3v) is 6.65. The van der Waals surface area contributed by atoms with Crippen molar-refractivity contribution in [3.05, 3.63) is 66.5 Å². The molecule has 3 amide bonds. The molecule has 34 heavy (non-hydrogen) atoms. The van der Waals surface area contributed by atoms with Crippen LogP contribution in [0.25, 0.3) is 0 Å². The van der Waals surface area contributed by atoms with E-state index in [2.05, 4.69) is 20.8 Å². The van der Waals surface area contributed by atoms with Crippen molar-refractivity contribution in [2.45, 2.75) is 18.0 Å². The molecule has 2 heterocycles. The van der Waals surface area contributed by atoms with E-state index in [1.165, 1.54) is 11.8 Å². The quantitative estimate of drug-likeness (QED) is 0.505. The smallest absolute Gasteiger partial charge is 0.253 e. The fourth-order valence-corrected chi connectivity index (χ4v) is 4.41. The molecule has 2 aromatic carbocycles. The second-order valence-corrected chi connectivity index (χ2v) is 9.00. The molecule has 0 saturated carbocycles. The Bertz CT molecular complexity index is 1140. The molecule has 2 N–H and O–H groups in total. The maximum Gasteiger partial charge on any atom is 0.253 e. The van der Waals surface area contributed by atoms with Gasteiger partial charge in [0.25, 0.3) is 5.91 Å². The van der Waals surface area contributed by atoms with E-state index >= 15 is 0 Å². The Hall–Kier alpha value is -3.66. The molecule has 0 radical (unpaired) electrons. The lowest BCUT2D eigenvalue weighted by molar-refractivity contribution is -0.121. The first-order valence-electron chi connectivity index (χ1n) is 11.0. The standard InChI is InChI=1S/C24H26N6O3S/c1-29-16-25-28-24(29)34-15-21(31)26-20-9-7-18(8-10-20)23(33)30-13-11-17(12-14-30)22(32)27-19-5-3-2-4-6-19/h2-10,16-17H,11-15H2,1H3,(H,26,31)(H,27,32). The van der Waals surface area contributed by atoms with Gasteiger partial charge in [0.2, 0.25) is 11.8 Å². The lowest BCUT2D eigenvalue weighted by Gasteiger charge is -2.31. The van der Waals surface area contributed by atoms with Gasteiger partial charge >= 0.3 is 0 Å². The van der Waals surface area contributed by atoms with Crippen LogP contribution in [-0.2, 0) is 16.6 Å². The van der Waals surface area contributed by atoms with Crippen molar-refractivity contribution in [1.82, 2.24) is 19.7 Å². The second-order valence-electron chi connectivity index (χ2n) is 8.06. The van der Waals surface area contributed by atoms with E-state index in [1.54, 1.807) is 40.1 Å². The number of piperidine rings is 1. The molecule has 0 unspecified atom stereocenters. The van der Waals surface area contributed by atoms with Crippen LogP contribution in [0.1, 0.15) is 23.2 Å². The van der Waals surface area contributed by atoms with Crippen molar-refractivity contribution in [1.29, 1.82) is 0 Å². The highest BCUT2D eigenvalue weighted by molar-refractivity contribution is 7.99. The number of nitrogens with one attached hydrogen (secondary N) is 2. The number of carbonyl (C=O) groups excluding carboxylic acids is 3. The number of para-hydroxylation sites is 1. The lowest BCUT2D eigenvalue weighted by Crippen LogP contribution is -2.41. The number of carbonyl (C=O) groups is 3. The van der Waals surface area contributed by atoms with Gasteiger partial charge in [0.05, 0.1) is 5.75 Å². The first kappa shape index (κ1) is 23.5. The molecule has 0 bridgehead atoms. The number of benzene rings is 2. The van der Waals surface area contributed by atoms with Crippen LogP contribution in [0.3, 0.4) is 0 Å². The van der Waals surface area contributed by atoms with E-state index in [0.717, 1.165) is 5.69 Å². The van der Waals surface area contributed by atoms with Gasteiger partial charge in [0.1, 0.15) is 6.33 Å². The monoisotopic (exact) mass is 478 g/mol. The molecule has 10 heteroatoms. The average molecular weight is 479 g/mol. The number of nitrogens with zero attached hydrogens (tertiary/aromatic N) is 4. The van der Waals surface area contributed by atoms with Crippen LogP contribution in [0, 0.1) is 5.92 Å². The molecule has 4 rings (SSSR count). The van der Waals surface area contributed by atoms with Crippen LogP contribution < -0.4 is 10.6 Å². The van der Waals surface area contributed by atoms with E-state index in [0.29, 0.717) is 42.3 Å². The van der Waals surface area contributed by atoms with Gasteiger partial charge in [-0.3, -0.25) is 14.4 Å². The fraction of sp³-hybridized carbons (Fsp3) is 0.292. The highest BCUT2D eigenvalue weighted by atomic mass is 32.2. The molecule has 0 spiro atoms. The van der Waals surface area contributed by atoms with Gasteiger partial charge in [-0.25, -0.2) is 0 Å². The van der Waals surface area contributed by atoms with Crippen LogP contribution in [0.5, 0.6) is 0 Å². The second kappa shape index (κ2) is 11.0. The van der Waals surface area contributed by atoms with Gasteiger partial charge in [-0.05, 0) is 49.2 Å². The summed E-state index contributed by atoms with van der Waals surface area (Å²) in [5.41, 5.74) is 1.96. The van der Waals surface area contributed by atoms with Crippen LogP contribution in [-0.4, -0.2) is 56.2 Å². The number of aryl methyl sites for hydroxylation is 1. The molecule has 1 aliphatic rings. The summed E-state index contributed by atoms with van der Waals surface area (Å²) in [4.78, 5) is 39.4. The molecule has 0 aliphatic carbocycles. The highest BCUT2D eigenvalue weighted by Crippen LogP contribution is 2.22. The summed E-state index contributed by atoms with van der Waals surface area (Å²) in [6.45, 7) is 1.06. The lowest BCUT2D eigenvalue weighted by atomic mass is 9.95. The maximum atomic E-state index is 12.9. The third-order valence-electron chi connectivity index (χ3n) is 5.61. The summed E-state index contributed by atoms with van der Waals surface area (Å²) in [6.07, 6.45) is 2.83. The summed E-state index contributed by atoms with van der Waals surface area (Å²) in [5, 5.41) is 14.1. The summed E-state index contributed by atoms with van der Waals surface area (Å²) in [6, 6.07) is 16.2. The Labute approximate surface area is 201 Å². The number of rotatable bonds is 7. The van der Waals surface area contributed by atoms with Gasteiger partial charge < -0.3 is 20.1 Å². The topological polar surface area (TPSA) is 109 Å².